The highest BCUT2D eigenvalue weighted by Gasteiger charge is 2.18. The fraction of sp³-hybridized carbons (Fsp3) is 0.0769. The summed E-state index contributed by atoms with van der Waals surface area (Å²) in [5.41, 5.74) is 0.978. The van der Waals surface area contributed by atoms with Crippen LogP contribution >= 0.6 is 34.2 Å². The zero-order valence-corrected chi connectivity index (χ0v) is 13.7. The van der Waals surface area contributed by atoms with E-state index >= 15 is 0 Å². The summed E-state index contributed by atoms with van der Waals surface area (Å²) in [7, 11) is -3.86. The minimum absolute atomic E-state index is 0.105. The first-order valence-corrected chi connectivity index (χ1v) is 8.21. The molecule has 2 aromatic rings. The van der Waals surface area contributed by atoms with Crippen LogP contribution in [0.2, 0.25) is 5.02 Å². The van der Waals surface area contributed by atoms with Crippen LogP contribution in [0.15, 0.2) is 47.4 Å². The van der Waals surface area contributed by atoms with E-state index in [9.17, 15) is 8.42 Å². The fourth-order valence-electron chi connectivity index (χ4n) is 1.41. The van der Waals surface area contributed by atoms with Crippen molar-refractivity contribution in [1.82, 2.24) is 0 Å². The molecule has 0 bridgehead atoms. The van der Waals surface area contributed by atoms with Crippen LogP contribution in [-0.4, -0.2) is 8.42 Å². The predicted octanol–water partition coefficient (Wildman–Crippen LogP) is 4.02. The lowest BCUT2D eigenvalue weighted by molar-refractivity contribution is 0.486. The Labute approximate surface area is 130 Å². The molecule has 0 aromatic heterocycles. The molecule has 0 fully saturated rings. The summed E-state index contributed by atoms with van der Waals surface area (Å²) in [4.78, 5) is 0.105. The summed E-state index contributed by atoms with van der Waals surface area (Å²) in [6.45, 7) is 1.88. The van der Waals surface area contributed by atoms with Crippen molar-refractivity contribution in [3.63, 3.8) is 0 Å². The second kappa shape index (κ2) is 5.68. The second-order valence-corrected chi connectivity index (χ2v) is 7.12. The van der Waals surface area contributed by atoms with Crippen LogP contribution in [0.1, 0.15) is 5.56 Å². The third-order valence-electron chi connectivity index (χ3n) is 2.40. The first kappa shape index (κ1) is 14.6. The molecule has 19 heavy (non-hydrogen) atoms. The summed E-state index contributed by atoms with van der Waals surface area (Å²) >= 11 is 7.98. The largest absolute Gasteiger partial charge is 0.377 e. The quantitative estimate of drug-likeness (QED) is 0.569. The van der Waals surface area contributed by atoms with Gasteiger partial charge in [0, 0.05) is 3.57 Å². The topological polar surface area (TPSA) is 43.4 Å². The molecule has 0 spiro atoms. The standard InChI is InChI=1S/C13H10ClIO3S/c1-9-2-5-11(6-3-9)19(16,17)18-13-8-10(15)4-7-12(13)14/h2-8H,1H3. The van der Waals surface area contributed by atoms with Crippen LogP contribution < -0.4 is 4.18 Å². The Morgan fingerprint density at radius 1 is 1.11 bits per heavy atom. The monoisotopic (exact) mass is 408 g/mol. The van der Waals surface area contributed by atoms with Crippen molar-refractivity contribution in [3.8, 4) is 5.75 Å². The van der Waals surface area contributed by atoms with E-state index in [2.05, 4.69) is 22.6 Å². The zero-order chi connectivity index (χ0) is 14.0. The number of hydrogen-bond acceptors (Lipinski definition) is 3. The predicted molar refractivity (Wildman–Crippen MR) is 83.2 cm³/mol. The normalized spacial score (nSPS) is 11.3. The molecule has 0 unspecified atom stereocenters. The Morgan fingerprint density at radius 2 is 1.74 bits per heavy atom. The summed E-state index contributed by atoms with van der Waals surface area (Å²) < 4.78 is 30.1. The van der Waals surface area contributed by atoms with Crippen LogP contribution in [0, 0.1) is 10.5 Å². The lowest BCUT2D eigenvalue weighted by Gasteiger charge is -2.09. The van der Waals surface area contributed by atoms with E-state index in [1.165, 1.54) is 12.1 Å². The third-order valence-corrected chi connectivity index (χ3v) is 4.63. The van der Waals surface area contributed by atoms with Crippen LogP contribution in [0.4, 0.5) is 0 Å². The molecule has 0 aliphatic rings. The van der Waals surface area contributed by atoms with Gasteiger partial charge in [-0.3, -0.25) is 0 Å². The van der Waals surface area contributed by atoms with Crippen molar-refractivity contribution >= 4 is 44.3 Å². The molecule has 0 N–H and O–H groups in total. The van der Waals surface area contributed by atoms with Gasteiger partial charge in [-0.2, -0.15) is 8.42 Å². The maximum atomic E-state index is 12.1. The molecule has 3 nitrogen and oxygen atoms in total. The Balaban J connectivity index is 2.36. The van der Waals surface area contributed by atoms with Gasteiger partial charge in [-0.15, -0.1) is 0 Å². The average molecular weight is 409 g/mol. The Kier molecular flexibility index (Phi) is 4.37. The van der Waals surface area contributed by atoms with Gasteiger partial charge in [0.25, 0.3) is 0 Å². The van der Waals surface area contributed by atoms with Crippen LogP contribution in [0.25, 0.3) is 0 Å². The van der Waals surface area contributed by atoms with Gasteiger partial charge in [0.15, 0.2) is 5.75 Å². The molecular weight excluding hydrogens is 399 g/mol. The van der Waals surface area contributed by atoms with Crippen LogP contribution in [0.3, 0.4) is 0 Å². The molecule has 0 aliphatic heterocycles. The molecule has 100 valence electrons. The highest BCUT2D eigenvalue weighted by molar-refractivity contribution is 14.1. The van der Waals surface area contributed by atoms with Crippen molar-refractivity contribution in [2.75, 3.05) is 0 Å². The van der Waals surface area contributed by atoms with Gasteiger partial charge >= 0.3 is 10.1 Å². The fourth-order valence-corrected chi connectivity index (χ4v) is 3.02. The first-order chi connectivity index (χ1) is 8.88. The molecule has 2 rings (SSSR count). The molecular formula is C13H10ClIO3S. The minimum Gasteiger partial charge on any atom is -0.377 e. The van der Waals surface area contributed by atoms with Crippen LogP contribution in [-0.2, 0) is 10.1 Å². The summed E-state index contributed by atoms with van der Waals surface area (Å²) in [5, 5.41) is 0.260. The Bertz CT molecular complexity index is 696. The maximum absolute atomic E-state index is 12.1. The molecule has 0 saturated heterocycles. The molecule has 0 amide bonds. The molecule has 0 radical (unpaired) electrons. The number of benzene rings is 2. The van der Waals surface area contributed by atoms with Crippen molar-refractivity contribution in [2.24, 2.45) is 0 Å². The van der Waals surface area contributed by atoms with Gasteiger partial charge in [0.05, 0.1) is 5.02 Å². The lowest BCUT2D eigenvalue weighted by Crippen LogP contribution is -2.10. The van der Waals surface area contributed by atoms with Gasteiger partial charge in [-0.05, 0) is 59.8 Å². The zero-order valence-electron chi connectivity index (χ0n) is 9.93. The van der Waals surface area contributed by atoms with Crippen molar-refractivity contribution in [2.45, 2.75) is 11.8 Å². The lowest BCUT2D eigenvalue weighted by atomic mass is 10.2. The van der Waals surface area contributed by atoms with E-state index < -0.39 is 10.1 Å². The number of hydrogen-bond donors (Lipinski definition) is 0. The molecule has 0 atom stereocenters. The molecule has 0 aliphatic carbocycles. The van der Waals surface area contributed by atoms with E-state index in [1.807, 2.05) is 6.92 Å². The van der Waals surface area contributed by atoms with E-state index in [1.54, 1.807) is 30.3 Å². The van der Waals surface area contributed by atoms with Crippen molar-refractivity contribution in [3.05, 3.63) is 56.6 Å². The summed E-state index contributed by atoms with van der Waals surface area (Å²) in [6.07, 6.45) is 0. The van der Waals surface area contributed by atoms with Gasteiger partial charge in [0.2, 0.25) is 0 Å². The maximum Gasteiger partial charge on any atom is 0.339 e. The van der Waals surface area contributed by atoms with E-state index in [0.717, 1.165) is 9.13 Å². The second-order valence-electron chi connectivity index (χ2n) is 3.93. The number of rotatable bonds is 3. The third kappa shape index (κ3) is 3.61. The summed E-state index contributed by atoms with van der Waals surface area (Å²) in [6, 6.07) is 11.4. The van der Waals surface area contributed by atoms with Crippen molar-refractivity contribution in [1.29, 1.82) is 0 Å². The van der Waals surface area contributed by atoms with E-state index in [0.29, 0.717) is 0 Å². The Hall–Kier alpha value is -0.790. The smallest absolute Gasteiger partial charge is 0.339 e. The van der Waals surface area contributed by atoms with Gasteiger partial charge in [-0.25, -0.2) is 0 Å². The molecule has 2 aromatic carbocycles. The van der Waals surface area contributed by atoms with Gasteiger partial charge in [0.1, 0.15) is 4.90 Å². The molecule has 0 heterocycles. The SMILES string of the molecule is Cc1ccc(S(=O)(=O)Oc2cc(I)ccc2Cl)cc1. The van der Waals surface area contributed by atoms with Crippen LogP contribution in [0.5, 0.6) is 5.75 Å². The van der Waals surface area contributed by atoms with E-state index in [-0.39, 0.29) is 15.7 Å². The van der Waals surface area contributed by atoms with E-state index in [4.69, 9.17) is 15.8 Å². The Morgan fingerprint density at radius 3 is 2.37 bits per heavy atom. The minimum atomic E-state index is -3.86. The highest BCUT2D eigenvalue weighted by atomic mass is 127. The first-order valence-electron chi connectivity index (χ1n) is 5.35. The highest BCUT2D eigenvalue weighted by Crippen LogP contribution is 2.29. The average Bonchev–Trinajstić information content (AvgIpc) is 2.34. The molecule has 0 saturated carbocycles. The summed E-state index contributed by atoms with van der Waals surface area (Å²) in [5.74, 6) is 0.133. The number of halogens is 2. The molecule has 6 heteroatoms. The number of aryl methyl sites for hydroxylation is 1. The van der Waals surface area contributed by atoms with Gasteiger partial charge < -0.3 is 4.18 Å². The van der Waals surface area contributed by atoms with Crippen molar-refractivity contribution < 1.29 is 12.6 Å². The van der Waals surface area contributed by atoms with Gasteiger partial charge in [-0.1, -0.05) is 29.3 Å².